The quantitative estimate of drug-likeness (QED) is 0.229. The molecule has 0 fully saturated rings. The summed E-state index contributed by atoms with van der Waals surface area (Å²) in [5.74, 6) is 3.43. The van der Waals surface area contributed by atoms with E-state index in [2.05, 4.69) is 25.8 Å². The number of nitrogens with zero attached hydrogens (tertiary/aromatic N) is 4. The lowest BCUT2D eigenvalue weighted by atomic mass is 10.0. The lowest BCUT2D eigenvalue weighted by molar-refractivity contribution is 0.0385. The van der Waals surface area contributed by atoms with Crippen LogP contribution in [0.4, 0.5) is 0 Å². The van der Waals surface area contributed by atoms with E-state index >= 15 is 0 Å². The zero-order chi connectivity index (χ0) is 21.6. The number of ether oxygens (including phenoxy) is 1. The Labute approximate surface area is 198 Å². The molecule has 0 bridgehead atoms. The van der Waals surface area contributed by atoms with Gasteiger partial charge in [0.1, 0.15) is 22.9 Å². The molecule has 31 heavy (non-hydrogen) atoms. The molecule has 2 aromatic heterocycles. The van der Waals surface area contributed by atoms with E-state index in [0.717, 1.165) is 23.0 Å². The van der Waals surface area contributed by atoms with Gasteiger partial charge in [-0.25, -0.2) is 4.99 Å². The number of methoxy groups -OCH3 is 1. The van der Waals surface area contributed by atoms with E-state index in [-0.39, 0.29) is 30.5 Å². The number of benzene rings is 1. The molecule has 1 atom stereocenters. The van der Waals surface area contributed by atoms with Crippen molar-refractivity contribution in [2.75, 3.05) is 13.7 Å². The molecule has 9 nitrogen and oxygen atoms in total. The second-order valence-corrected chi connectivity index (χ2v) is 7.19. The fourth-order valence-corrected chi connectivity index (χ4v) is 2.77. The molecular weight excluding hydrogens is 511 g/mol. The van der Waals surface area contributed by atoms with Crippen molar-refractivity contribution in [3.8, 4) is 5.75 Å². The number of furan rings is 1. The van der Waals surface area contributed by atoms with Crippen LogP contribution in [0.1, 0.15) is 29.9 Å². The van der Waals surface area contributed by atoms with Crippen LogP contribution in [0, 0.1) is 6.92 Å². The summed E-state index contributed by atoms with van der Waals surface area (Å²) in [7, 11) is 3.55. The molecule has 0 aliphatic carbocycles. The summed E-state index contributed by atoms with van der Waals surface area (Å²) in [5.41, 5.74) is -0.155. The van der Waals surface area contributed by atoms with Crippen molar-refractivity contribution in [2.24, 2.45) is 12.0 Å². The summed E-state index contributed by atoms with van der Waals surface area (Å²) >= 11 is 0. The van der Waals surface area contributed by atoms with E-state index in [1.807, 2.05) is 42.8 Å². The molecule has 0 radical (unpaired) electrons. The number of aromatic nitrogens is 3. The van der Waals surface area contributed by atoms with Crippen LogP contribution in [-0.4, -0.2) is 39.5 Å². The zero-order valence-electron chi connectivity index (χ0n) is 18.1. The third-order valence-electron chi connectivity index (χ3n) is 4.83. The summed E-state index contributed by atoms with van der Waals surface area (Å²) < 4.78 is 12.5. The van der Waals surface area contributed by atoms with Crippen LogP contribution in [0.3, 0.4) is 0 Å². The number of aliphatic imine (C=N–C) groups is 1. The maximum absolute atomic E-state index is 10.7. The SMILES string of the molecule is COc1ccc(CN=C(NCc2nnc(C)n2C)NCC(C)(O)c2ccco2)cc1.I. The van der Waals surface area contributed by atoms with Crippen molar-refractivity contribution in [3.05, 3.63) is 65.6 Å². The van der Waals surface area contributed by atoms with E-state index in [0.29, 0.717) is 24.8 Å². The third kappa shape index (κ3) is 6.69. The van der Waals surface area contributed by atoms with Crippen LogP contribution >= 0.6 is 24.0 Å². The van der Waals surface area contributed by atoms with Gasteiger partial charge in [-0.3, -0.25) is 0 Å². The molecule has 3 N–H and O–H groups in total. The summed E-state index contributed by atoms with van der Waals surface area (Å²) in [6, 6.07) is 11.2. The molecule has 0 saturated carbocycles. The molecule has 1 aromatic carbocycles. The van der Waals surface area contributed by atoms with Crippen molar-refractivity contribution >= 4 is 29.9 Å². The number of halogens is 1. The number of hydrogen-bond donors (Lipinski definition) is 3. The maximum Gasteiger partial charge on any atom is 0.192 e. The Kier molecular flexibility index (Phi) is 8.87. The minimum atomic E-state index is -1.19. The average molecular weight is 540 g/mol. The van der Waals surface area contributed by atoms with Crippen molar-refractivity contribution in [3.63, 3.8) is 0 Å². The summed E-state index contributed by atoms with van der Waals surface area (Å²) in [5, 5.41) is 25.4. The van der Waals surface area contributed by atoms with E-state index in [9.17, 15) is 5.11 Å². The molecule has 3 aromatic rings. The first-order valence-electron chi connectivity index (χ1n) is 9.65. The van der Waals surface area contributed by atoms with E-state index < -0.39 is 5.60 Å². The zero-order valence-corrected chi connectivity index (χ0v) is 20.5. The number of nitrogens with one attached hydrogen (secondary N) is 2. The van der Waals surface area contributed by atoms with Crippen LogP contribution in [-0.2, 0) is 25.7 Å². The van der Waals surface area contributed by atoms with Gasteiger partial charge in [-0.05, 0) is 43.7 Å². The van der Waals surface area contributed by atoms with Gasteiger partial charge in [0.25, 0.3) is 0 Å². The van der Waals surface area contributed by atoms with Gasteiger partial charge in [-0.1, -0.05) is 12.1 Å². The highest BCUT2D eigenvalue weighted by Gasteiger charge is 2.26. The molecule has 0 saturated heterocycles. The van der Waals surface area contributed by atoms with E-state index in [1.54, 1.807) is 26.2 Å². The predicted octanol–water partition coefficient (Wildman–Crippen LogP) is 2.49. The monoisotopic (exact) mass is 540 g/mol. The van der Waals surface area contributed by atoms with Crippen molar-refractivity contribution in [1.82, 2.24) is 25.4 Å². The molecule has 0 spiro atoms. The van der Waals surface area contributed by atoms with Crippen LogP contribution in [0.2, 0.25) is 0 Å². The smallest absolute Gasteiger partial charge is 0.192 e. The lowest BCUT2D eigenvalue weighted by Crippen LogP contribution is -2.44. The Balaban J connectivity index is 0.00000341. The largest absolute Gasteiger partial charge is 0.497 e. The molecular formula is C21H29IN6O3. The number of hydrogen-bond acceptors (Lipinski definition) is 6. The topological polar surface area (TPSA) is 110 Å². The second-order valence-electron chi connectivity index (χ2n) is 7.19. The Morgan fingerprint density at radius 1 is 1.23 bits per heavy atom. The Bertz CT molecular complexity index is 968. The highest BCUT2D eigenvalue weighted by Crippen LogP contribution is 2.19. The van der Waals surface area contributed by atoms with Crippen LogP contribution in [0.15, 0.2) is 52.1 Å². The molecule has 0 aliphatic heterocycles. The highest BCUT2D eigenvalue weighted by molar-refractivity contribution is 14.0. The number of rotatable bonds is 8. The van der Waals surface area contributed by atoms with E-state index in [4.69, 9.17) is 9.15 Å². The van der Waals surface area contributed by atoms with Gasteiger partial charge >= 0.3 is 0 Å². The van der Waals surface area contributed by atoms with Crippen molar-refractivity contribution < 1.29 is 14.3 Å². The number of aryl methyl sites for hydroxylation is 1. The Morgan fingerprint density at radius 3 is 2.55 bits per heavy atom. The predicted molar refractivity (Wildman–Crippen MR) is 128 cm³/mol. The number of aliphatic hydroxyl groups is 1. The van der Waals surface area contributed by atoms with Crippen molar-refractivity contribution in [1.29, 1.82) is 0 Å². The summed E-state index contributed by atoms with van der Waals surface area (Å²) in [4.78, 5) is 4.64. The van der Waals surface area contributed by atoms with E-state index in [1.165, 1.54) is 6.26 Å². The van der Waals surface area contributed by atoms with Crippen LogP contribution in [0.5, 0.6) is 5.75 Å². The standard InChI is InChI=1S/C21H28N6O3.HI/c1-15-25-26-19(27(15)3)13-23-20(22-12-16-7-9-17(29-4)10-8-16)24-14-21(2,28)18-6-5-11-30-18;/h5-11,28H,12-14H2,1-4H3,(H2,22,23,24);1H. The molecule has 2 heterocycles. The first kappa shape index (κ1) is 24.7. The first-order valence-corrected chi connectivity index (χ1v) is 9.65. The van der Waals surface area contributed by atoms with Gasteiger partial charge in [0, 0.05) is 7.05 Å². The third-order valence-corrected chi connectivity index (χ3v) is 4.83. The summed E-state index contributed by atoms with van der Waals surface area (Å²) in [6.07, 6.45) is 1.54. The van der Waals surface area contributed by atoms with Gasteiger partial charge in [-0.15, -0.1) is 34.2 Å². The molecule has 0 amide bonds. The minimum Gasteiger partial charge on any atom is -0.497 e. The molecule has 0 aliphatic rings. The van der Waals surface area contributed by atoms with Gasteiger partial charge in [0.05, 0.1) is 33.0 Å². The fourth-order valence-electron chi connectivity index (χ4n) is 2.77. The van der Waals surface area contributed by atoms with Crippen LogP contribution < -0.4 is 15.4 Å². The second kappa shape index (κ2) is 11.1. The Morgan fingerprint density at radius 2 is 1.97 bits per heavy atom. The Hall–Kier alpha value is -2.60. The molecule has 3 rings (SSSR count). The minimum absolute atomic E-state index is 0. The molecule has 1 unspecified atom stereocenters. The molecule has 10 heteroatoms. The maximum atomic E-state index is 10.7. The first-order chi connectivity index (χ1) is 14.4. The number of guanidine groups is 1. The van der Waals surface area contributed by atoms with Gasteiger partial charge in [0.15, 0.2) is 11.8 Å². The average Bonchev–Trinajstić information content (AvgIpc) is 3.40. The van der Waals surface area contributed by atoms with Gasteiger partial charge in [0.2, 0.25) is 0 Å². The normalized spacial score (nSPS) is 13.3. The van der Waals surface area contributed by atoms with Crippen LogP contribution in [0.25, 0.3) is 0 Å². The van der Waals surface area contributed by atoms with Gasteiger partial charge < -0.3 is 29.5 Å². The lowest BCUT2D eigenvalue weighted by Gasteiger charge is -2.23. The van der Waals surface area contributed by atoms with Crippen molar-refractivity contribution in [2.45, 2.75) is 32.5 Å². The fraction of sp³-hybridized carbons (Fsp3) is 0.381. The molecule has 168 valence electrons. The summed E-state index contributed by atoms with van der Waals surface area (Å²) in [6.45, 7) is 4.70. The van der Waals surface area contributed by atoms with Gasteiger partial charge in [-0.2, -0.15) is 0 Å². The highest BCUT2D eigenvalue weighted by atomic mass is 127.